The van der Waals surface area contributed by atoms with Gasteiger partial charge in [-0.1, -0.05) is 20.8 Å². The van der Waals surface area contributed by atoms with Crippen LogP contribution in [0.15, 0.2) is 4.99 Å². The minimum Gasteiger partial charge on any atom is -0.379 e. The highest BCUT2D eigenvalue weighted by Gasteiger charge is 2.14. The van der Waals surface area contributed by atoms with Crippen LogP contribution in [-0.2, 0) is 9.53 Å². The van der Waals surface area contributed by atoms with Crippen molar-refractivity contribution in [2.45, 2.75) is 46.6 Å². The highest BCUT2D eigenvalue weighted by molar-refractivity contribution is 5.84. The fourth-order valence-corrected chi connectivity index (χ4v) is 2.55. The van der Waals surface area contributed by atoms with Crippen molar-refractivity contribution in [2.24, 2.45) is 10.4 Å². The van der Waals surface area contributed by atoms with Gasteiger partial charge < -0.3 is 20.3 Å². The summed E-state index contributed by atoms with van der Waals surface area (Å²) in [7, 11) is 3.51. The number of nitrogens with zero attached hydrogens (tertiary/aromatic N) is 3. The van der Waals surface area contributed by atoms with Crippen LogP contribution in [0, 0.1) is 5.41 Å². The Morgan fingerprint density at radius 3 is 2.50 bits per heavy atom. The molecule has 1 saturated heterocycles. The third-order valence-corrected chi connectivity index (χ3v) is 4.41. The molecule has 0 aromatic heterocycles. The third-order valence-electron chi connectivity index (χ3n) is 4.41. The van der Waals surface area contributed by atoms with Gasteiger partial charge in [0.2, 0.25) is 5.91 Å². The molecule has 0 saturated carbocycles. The number of hydrogen-bond acceptors (Lipinski definition) is 4. The Balaban J connectivity index is 2.51. The maximum atomic E-state index is 11.9. The van der Waals surface area contributed by atoms with Crippen molar-refractivity contribution in [3.63, 3.8) is 0 Å². The number of aliphatic imine (C=N–C) groups is 1. The summed E-state index contributed by atoms with van der Waals surface area (Å²) >= 11 is 0. The van der Waals surface area contributed by atoms with Crippen molar-refractivity contribution in [3.8, 4) is 0 Å². The van der Waals surface area contributed by atoms with E-state index < -0.39 is 0 Å². The molecule has 1 heterocycles. The van der Waals surface area contributed by atoms with Gasteiger partial charge in [0.25, 0.3) is 0 Å². The number of hydrogen-bond donors (Lipinski definition) is 2. The van der Waals surface area contributed by atoms with E-state index in [4.69, 9.17) is 4.74 Å². The van der Waals surface area contributed by atoms with Gasteiger partial charge >= 0.3 is 0 Å². The maximum Gasteiger partial charge on any atom is 0.243 e. The van der Waals surface area contributed by atoms with Gasteiger partial charge in [0.05, 0.1) is 13.2 Å². The molecule has 0 spiro atoms. The fourth-order valence-electron chi connectivity index (χ4n) is 2.55. The fraction of sp³-hybridized carbons (Fsp3) is 0.895. The quantitative estimate of drug-likeness (QED) is 0.496. The normalized spacial score (nSPS) is 17.7. The number of amides is 1. The molecule has 152 valence electrons. The summed E-state index contributed by atoms with van der Waals surface area (Å²) in [4.78, 5) is 20.3. The molecule has 1 atom stereocenters. The van der Waals surface area contributed by atoms with Gasteiger partial charge in [-0.25, -0.2) is 4.99 Å². The van der Waals surface area contributed by atoms with Gasteiger partial charge in [0.1, 0.15) is 6.54 Å². The molecule has 1 rings (SSSR count). The molecular formula is C19H39N5O2. The van der Waals surface area contributed by atoms with Crippen LogP contribution >= 0.6 is 0 Å². The van der Waals surface area contributed by atoms with Crippen LogP contribution in [0.4, 0.5) is 0 Å². The highest BCUT2D eigenvalue weighted by atomic mass is 16.5. The first-order valence-electron chi connectivity index (χ1n) is 9.72. The molecule has 0 aliphatic carbocycles. The van der Waals surface area contributed by atoms with Crippen LogP contribution in [0.5, 0.6) is 0 Å². The second-order valence-electron chi connectivity index (χ2n) is 8.48. The second kappa shape index (κ2) is 11.4. The predicted octanol–water partition coefficient (Wildman–Crippen LogP) is 1.16. The van der Waals surface area contributed by atoms with Crippen molar-refractivity contribution >= 4 is 11.9 Å². The third kappa shape index (κ3) is 10.6. The number of carbonyl (C=O) groups is 1. The molecule has 1 unspecified atom stereocenters. The first kappa shape index (κ1) is 22.7. The van der Waals surface area contributed by atoms with Crippen LogP contribution < -0.4 is 10.6 Å². The SMILES string of the molecule is CC(CCC(C)(C)C)NC(=NCC(=O)N(C)C)NCCN1CCOCC1. The van der Waals surface area contributed by atoms with E-state index in [2.05, 4.69) is 48.2 Å². The van der Waals surface area contributed by atoms with E-state index in [-0.39, 0.29) is 12.5 Å². The molecule has 0 aromatic carbocycles. The largest absolute Gasteiger partial charge is 0.379 e. The lowest BCUT2D eigenvalue weighted by atomic mass is 9.89. The van der Waals surface area contributed by atoms with E-state index in [1.165, 1.54) is 0 Å². The Morgan fingerprint density at radius 2 is 1.92 bits per heavy atom. The van der Waals surface area contributed by atoms with Crippen LogP contribution in [0.3, 0.4) is 0 Å². The summed E-state index contributed by atoms with van der Waals surface area (Å²) in [5.74, 6) is 0.719. The van der Waals surface area contributed by atoms with E-state index >= 15 is 0 Å². The Bertz CT molecular complexity index is 440. The molecule has 1 aliphatic rings. The van der Waals surface area contributed by atoms with Gasteiger partial charge in [0, 0.05) is 46.3 Å². The predicted molar refractivity (Wildman–Crippen MR) is 108 cm³/mol. The van der Waals surface area contributed by atoms with Gasteiger partial charge in [-0.2, -0.15) is 0 Å². The molecule has 7 nitrogen and oxygen atoms in total. The Hall–Kier alpha value is -1.34. The van der Waals surface area contributed by atoms with Crippen molar-refractivity contribution in [1.82, 2.24) is 20.4 Å². The zero-order chi connectivity index (χ0) is 19.6. The van der Waals surface area contributed by atoms with E-state index in [1.807, 2.05) is 0 Å². The van der Waals surface area contributed by atoms with E-state index in [1.54, 1.807) is 19.0 Å². The number of nitrogens with one attached hydrogen (secondary N) is 2. The second-order valence-corrected chi connectivity index (χ2v) is 8.48. The number of carbonyl (C=O) groups excluding carboxylic acids is 1. The Labute approximate surface area is 159 Å². The highest BCUT2D eigenvalue weighted by Crippen LogP contribution is 2.21. The summed E-state index contributed by atoms with van der Waals surface area (Å²) in [5, 5.41) is 6.82. The minimum atomic E-state index is 0.00150. The number of morpholine rings is 1. The standard InChI is InChI=1S/C19H39N5O2/c1-16(7-8-19(2,3)4)22-18(21-15-17(25)23(5)6)20-9-10-24-11-13-26-14-12-24/h16H,7-15H2,1-6H3,(H2,20,21,22). The molecule has 26 heavy (non-hydrogen) atoms. The minimum absolute atomic E-state index is 0.00150. The molecule has 1 amide bonds. The summed E-state index contributed by atoms with van der Waals surface area (Å²) in [6, 6.07) is 0.304. The molecule has 0 bridgehead atoms. The van der Waals surface area contributed by atoms with Crippen molar-refractivity contribution in [2.75, 3.05) is 60.0 Å². The molecule has 2 N–H and O–H groups in total. The lowest BCUT2D eigenvalue weighted by Crippen LogP contribution is -2.47. The smallest absolute Gasteiger partial charge is 0.243 e. The first-order chi connectivity index (χ1) is 12.2. The molecule has 7 heteroatoms. The monoisotopic (exact) mass is 369 g/mol. The van der Waals surface area contributed by atoms with Crippen molar-refractivity contribution in [3.05, 3.63) is 0 Å². The molecule has 1 aliphatic heterocycles. The lowest BCUT2D eigenvalue weighted by molar-refractivity contribution is -0.127. The van der Waals surface area contributed by atoms with Crippen LogP contribution in [0.2, 0.25) is 0 Å². The van der Waals surface area contributed by atoms with Crippen LogP contribution in [0.1, 0.15) is 40.5 Å². The molecule has 0 aromatic rings. The zero-order valence-electron chi connectivity index (χ0n) is 17.6. The average Bonchev–Trinajstić information content (AvgIpc) is 2.57. The Morgan fingerprint density at radius 1 is 1.27 bits per heavy atom. The van der Waals surface area contributed by atoms with E-state index in [9.17, 15) is 4.79 Å². The van der Waals surface area contributed by atoms with Gasteiger partial charge in [0.15, 0.2) is 5.96 Å². The van der Waals surface area contributed by atoms with Crippen molar-refractivity contribution in [1.29, 1.82) is 0 Å². The number of likely N-dealkylation sites (N-methyl/N-ethyl adjacent to an activating group) is 1. The number of guanidine groups is 1. The number of rotatable bonds is 8. The maximum absolute atomic E-state index is 11.9. The first-order valence-corrected chi connectivity index (χ1v) is 9.72. The van der Waals surface area contributed by atoms with Gasteiger partial charge in [-0.15, -0.1) is 0 Å². The Kier molecular flexibility index (Phi) is 9.94. The zero-order valence-corrected chi connectivity index (χ0v) is 17.6. The van der Waals surface area contributed by atoms with E-state index in [0.717, 1.165) is 58.2 Å². The summed E-state index contributed by atoms with van der Waals surface area (Å²) < 4.78 is 5.38. The summed E-state index contributed by atoms with van der Waals surface area (Å²) in [6.45, 7) is 14.4. The molecular weight excluding hydrogens is 330 g/mol. The summed E-state index contributed by atoms with van der Waals surface area (Å²) in [6.07, 6.45) is 2.20. The van der Waals surface area contributed by atoms with Gasteiger partial charge in [-0.05, 0) is 25.2 Å². The molecule has 0 radical (unpaired) electrons. The summed E-state index contributed by atoms with van der Waals surface area (Å²) in [5.41, 5.74) is 0.317. The molecule has 1 fully saturated rings. The average molecular weight is 370 g/mol. The van der Waals surface area contributed by atoms with E-state index in [0.29, 0.717) is 11.5 Å². The van der Waals surface area contributed by atoms with Crippen LogP contribution in [0.25, 0.3) is 0 Å². The number of ether oxygens (including phenoxy) is 1. The van der Waals surface area contributed by atoms with Gasteiger partial charge in [-0.3, -0.25) is 9.69 Å². The van der Waals surface area contributed by atoms with Crippen molar-refractivity contribution < 1.29 is 9.53 Å². The van der Waals surface area contributed by atoms with Crippen LogP contribution in [-0.4, -0.2) is 87.7 Å². The topological polar surface area (TPSA) is 69.2 Å². The lowest BCUT2D eigenvalue weighted by Gasteiger charge is -2.27.